The van der Waals surface area contributed by atoms with Gasteiger partial charge in [0.1, 0.15) is 5.52 Å². The third-order valence-corrected chi connectivity index (χ3v) is 5.52. The molecule has 1 aliphatic rings. The van der Waals surface area contributed by atoms with Crippen LogP contribution in [0.25, 0.3) is 11.0 Å². The lowest BCUT2D eigenvalue weighted by atomic mass is 9.91. The van der Waals surface area contributed by atoms with E-state index < -0.39 is 0 Å². The maximum atomic E-state index is 12.9. The molecule has 1 unspecified atom stereocenters. The molecule has 0 spiro atoms. The maximum Gasteiger partial charge on any atom is 0.278 e. The van der Waals surface area contributed by atoms with Crippen LogP contribution in [-0.4, -0.2) is 45.5 Å². The Labute approximate surface area is 173 Å². The molecular formula is C22H37N5O2. The molecule has 7 heteroatoms. The Morgan fingerprint density at radius 1 is 1.21 bits per heavy atom. The Morgan fingerprint density at radius 2 is 1.93 bits per heavy atom. The Morgan fingerprint density at radius 3 is 2.52 bits per heavy atom. The fourth-order valence-electron chi connectivity index (χ4n) is 3.77. The summed E-state index contributed by atoms with van der Waals surface area (Å²) in [5, 5.41) is 4.61. The van der Waals surface area contributed by atoms with Gasteiger partial charge in [0.2, 0.25) is 5.95 Å². The highest BCUT2D eigenvalue weighted by Gasteiger charge is 2.27. The molecule has 0 radical (unpaired) electrons. The Kier molecular flexibility index (Phi) is 6.08. The molecule has 0 aromatic carbocycles. The second kappa shape index (κ2) is 8.09. The summed E-state index contributed by atoms with van der Waals surface area (Å²) in [5.41, 5.74) is 1.95. The summed E-state index contributed by atoms with van der Waals surface area (Å²) in [5.74, 6) is 0.624. The average molecular weight is 404 g/mol. The van der Waals surface area contributed by atoms with Crippen LogP contribution in [0.1, 0.15) is 72.9 Å². The first-order valence-corrected chi connectivity index (χ1v) is 10.8. The number of hydrogen-bond donors (Lipinski definition) is 1. The number of aromatic amines is 1. The number of nitrogens with one attached hydrogen (secondary N) is 1. The molecule has 7 nitrogen and oxygen atoms in total. The number of nitrogens with zero attached hydrogens (tertiary/aromatic N) is 4. The number of hydrogen-bond acceptors (Lipinski definition) is 5. The molecule has 1 aliphatic heterocycles. The Balaban J connectivity index is 2.02. The summed E-state index contributed by atoms with van der Waals surface area (Å²) in [7, 11) is 1.81. The van der Waals surface area contributed by atoms with Gasteiger partial charge < -0.3 is 9.64 Å². The predicted octanol–water partition coefficient (Wildman–Crippen LogP) is 3.77. The molecule has 3 rings (SSSR count). The van der Waals surface area contributed by atoms with Crippen LogP contribution >= 0.6 is 0 Å². The van der Waals surface area contributed by atoms with Crippen molar-refractivity contribution >= 4 is 17.0 Å². The largest absolute Gasteiger partial charge is 0.376 e. The molecule has 1 saturated heterocycles. The smallest absolute Gasteiger partial charge is 0.278 e. The number of ether oxygens (including phenoxy) is 1. The molecule has 29 heavy (non-hydrogen) atoms. The summed E-state index contributed by atoms with van der Waals surface area (Å²) in [6.45, 7) is 15.4. The average Bonchev–Trinajstić information content (AvgIpc) is 2.96. The van der Waals surface area contributed by atoms with Crippen molar-refractivity contribution in [2.45, 2.75) is 78.7 Å². The second-order valence-corrected chi connectivity index (χ2v) is 10.6. The van der Waals surface area contributed by atoms with Gasteiger partial charge in [-0.2, -0.15) is 5.10 Å². The molecule has 1 N–H and O–H groups in total. The topological polar surface area (TPSA) is 76.0 Å². The second-order valence-electron chi connectivity index (χ2n) is 10.6. The molecular weight excluding hydrogens is 366 g/mol. The molecule has 0 aliphatic carbocycles. The van der Waals surface area contributed by atoms with E-state index in [0.29, 0.717) is 17.0 Å². The fourth-order valence-corrected chi connectivity index (χ4v) is 3.77. The van der Waals surface area contributed by atoms with E-state index in [2.05, 4.69) is 56.5 Å². The number of aryl methyl sites for hydroxylation is 1. The first-order chi connectivity index (χ1) is 13.5. The molecule has 162 valence electrons. The highest BCUT2D eigenvalue weighted by Crippen LogP contribution is 2.28. The normalized spacial score (nSPS) is 18.4. The quantitative estimate of drug-likeness (QED) is 0.822. The van der Waals surface area contributed by atoms with Crippen molar-refractivity contribution in [3.05, 3.63) is 16.0 Å². The lowest BCUT2D eigenvalue weighted by Crippen LogP contribution is -2.39. The molecule has 0 saturated carbocycles. The van der Waals surface area contributed by atoms with E-state index in [1.807, 2.05) is 0 Å². The van der Waals surface area contributed by atoms with E-state index >= 15 is 0 Å². The summed E-state index contributed by atoms with van der Waals surface area (Å²) >= 11 is 0. The van der Waals surface area contributed by atoms with Gasteiger partial charge in [-0.15, -0.1) is 0 Å². The fraction of sp³-hybridized carbons (Fsp3) is 0.773. The van der Waals surface area contributed by atoms with Gasteiger partial charge in [-0.3, -0.25) is 14.5 Å². The number of aromatic nitrogens is 4. The van der Waals surface area contributed by atoms with Crippen molar-refractivity contribution in [2.75, 3.05) is 24.6 Å². The van der Waals surface area contributed by atoms with E-state index in [0.717, 1.165) is 44.7 Å². The van der Waals surface area contributed by atoms with Crippen LogP contribution in [0.4, 0.5) is 5.95 Å². The minimum Gasteiger partial charge on any atom is -0.376 e. The molecule has 2 aromatic rings. The Hall–Kier alpha value is -1.89. The van der Waals surface area contributed by atoms with E-state index in [1.165, 1.54) is 6.42 Å². The van der Waals surface area contributed by atoms with Gasteiger partial charge in [0.05, 0.1) is 11.8 Å². The van der Waals surface area contributed by atoms with E-state index in [-0.39, 0.29) is 22.5 Å². The van der Waals surface area contributed by atoms with Gasteiger partial charge in [-0.25, -0.2) is 4.98 Å². The van der Waals surface area contributed by atoms with Crippen molar-refractivity contribution in [2.24, 2.45) is 12.5 Å². The lowest BCUT2D eigenvalue weighted by Gasteiger charge is -2.32. The monoisotopic (exact) mass is 403 g/mol. The van der Waals surface area contributed by atoms with Gasteiger partial charge in [0, 0.05) is 32.2 Å². The van der Waals surface area contributed by atoms with Crippen LogP contribution in [-0.2, 0) is 17.2 Å². The van der Waals surface area contributed by atoms with Crippen molar-refractivity contribution in [1.29, 1.82) is 0 Å². The third-order valence-electron chi connectivity index (χ3n) is 5.52. The van der Waals surface area contributed by atoms with E-state index in [1.54, 1.807) is 11.7 Å². The van der Waals surface area contributed by atoms with Crippen LogP contribution in [0.2, 0.25) is 0 Å². The molecule has 1 fully saturated rings. The minimum absolute atomic E-state index is 0.138. The SMILES string of the molecule is Cn1nc(C(C)(C)C)c2nc(N(CCC(C)(C)C)CC3CCCCO3)[nH]c(=O)c21. The summed E-state index contributed by atoms with van der Waals surface area (Å²) in [4.78, 5) is 23.1. The standard InChI is InChI=1S/C22H37N5O2/c1-21(2,3)11-12-27(14-15-10-8-9-13-29-15)20-23-16-17(19(28)24-20)26(7)25-18(16)22(4,5)6/h15H,8-14H2,1-7H3,(H,23,24,28). The number of rotatable bonds is 5. The first-order valence-electron chi connectivity index (χ1n) is 10.8. The molecule has 0 bridgehead atoms. The predicted molar refractivity (Wildman–Crippen MR) is 118 cm³/mol. The minimum atomic E-state index is -0.194. The van der Waals surface area contributed by atoms with Crippen molar-refractivity contribution in [3.8, 4) is 0 Å². The van der Waals surface area contributed by atoms with Crippen LogP contribution in [0.15, 0.2) is 4.79 Å². The third kappa shape index (κ3) is 5.18. The van der Waals surface area contributed by atoms with Crippen molar-refractivity contribution < 1.29 is 4.74 Å². The zero-order valence-corrected chi connectivity index (χ0v) is 19.1. The summed E-state index contributed by atoms with van der Waals surface area (Å²) in [6, 6.07) is 0. The molecule has 3 heterocycles. The maximum absolute atomic E-state index is 12.9. The van der Waals surface area contributed by atoms with Crippen molar-refractivity contribution in [3.63, 3.8) is 0 Å². The van der Waals surface area contributed by atoms with Crippen molar-refractivity contribution in [1.82, 2.24) is 19.7 Å². The number of fused-ring (bicyclic) bond motifs is 1. The zero-order valence-electron chi connectivity index (χ0n) is 19.1. The number of H-pyrrole nitrogens is 1. The molecule has 0 amide bonds. The van der Waals surface area contributed by atoms with Gasteiger partial charge >= 0.3 is 0 Å². The summed E-state index contributed by atoms with van der Waals surface area (Å²) in [6.07, 6.45) is 4.56. The van der Waals surface area contributed by atoms with E-state index in [9.17, 15) is 4.79 Å². The van der Waals surface area contributed by atoms with Gasteiger partial charge in [-0.1, -0.05) is 41.5 Å². The van der Waals surface area contributed by atoms with Gasteiger partial charge in [0.25, 0.3) is 5.56 Å². The molecule has 1 atom stereocenters. The lowest BCUT2D eigenvalue weighted by molar-refractivity contribution is 0.0206. The summed E-state index contributed by atoms with van der Waals surface area (Å²) < 4.78 is 7.63. The van der Waals surface area contributed by atoms with Crippen LogP contribution < -0.4 is 10.5 Å². The van der Waals surface area contributed by atoms with Crippen LogP contribution in [0, 0.1) is 5.41 Å². The highest BCUT2D eigenvalue weighted by molar-refractivity contribution is 5.78. The Bertz CT molecular complexity index is 895. The number of anilines is 1. The van der Waals surface area contributed by atoms with E-state index in [4.69, 9.17) is 9.72 Å². The zero-order chi connectivity index (χ0) is 21.4. The van der Waals surface area contributed by atoms with Crippen LogP contribution in [0.3, 0.4) is 0 Å². The van der Waals surface area contributed by atoms with Crippen LogP contribution in [0.5, 0.6) is 0 Å². The van der Waals surface area contributed by atoms with Gasteiger partial charge in [0.15, 0.2) is 5.52 Å². The van der Waals surface area contributed by atoms with Gasteiger partial charge in [-0.05, 0) is 31.1 Å². The molecule has 2 aromatic heterocycles. The first kappa shape index (κ1) is 21.8. The highest BCUT2D eigenvalue weighted by atomic mass is 16.5.